The summed E-state index contributed by atoms with van der Waals surface area (Å²) in [6, 6.07) is 10.1. The maximum atomic E-state index is 12.8. The number of piperazine rings is 1. The van der Waals surface area contributed by atoms with Crippen LogP contribution >= 0.6 is 12.4 Å². The molecule has 0 aliphatic carbocycles. The van der Waals surface area contributed by atoms with Gasteiger partial charge in [-0.1, -0.05) is 0 Å². The Morgan fingerprint density at radius 2 is 1.36 bits per heavy atom. The van der Waals surface area contributed by atoms with E-state index in [-0.39, 0.29) is 27.9 Å². The maximum absolute atomic E-state index is 12.8. The van der Waals surface area contributed by atoms with Crippen molar-refractivity contribution in [2.24, 2.45) is 0 Å². The van der Waals surface area contributed by atoms with Crippen LogP contribution in [0.3, 0.4) is 0 Å². The lowest BCUT2D eigenvalue weighted by molar-refractivity contribution is 0.222. The highest BCUT2D eigenvalue weighted by atomic mass is 35.5. The van der Waals surface area contributed by atoms with Crippen molar-refractivity contribution >= 4 is 38.1 Å². The molecule has 3 rings (SSSR count). The van der Waals surface area contributed by atoms with Crippen LogP contribution in [0.4, 0.5) is 5.69 Å². The van der Waals surface area contributed by atoms with Crippen molar-refractivity contribution in [3.8, 4) is 11.5 Å². The fraction of sp³-hybridized carbons (Fsp3) is 0.429. The van der Waals surface area contributed by atoms with Crippen LogP contribution in [-0.2, 0) is 20.0 Å². The highest BCUT2D eigenvalue weighted by Gasteiger charge is 2.27. The molecule has 0 atom stereocenters. The topological polar surface area (TPSA) is 105 Å². The number of nitrogens with zero attached hydrogens (tertiary/aromatic N) is 2. The molecule has 1 N–H and O–H groups in total. The molecule has 2 aromatic rings. The number of ether oxygens (including phenoxy) is 2. The summed E-state index contributed by atoms with van der Waals surface area (Å²) in [6.07, 6.45) is 0. The van der Waals surface area contributed by atoms with Crippen LogP contribution in [0.2, 0.25) is 0 Å². The lowest BCUT2D eigenvalue weighted by Gasteiger charge is -2.31. The molecule has 12 heteroatoms. The highest BCUT2D eigenvalue weighted by molar-refractivity contribution is 7.92. The average molecular weight is 520 g/mol. The standard InChI is InChI=1S/C21H29N3O6S2.ClH/c1-4-29-20-11-10-19(16-21(20)30-5-2)31(25,26)22-17-6-8-18(9-7-17)32(27,28)24-14-12-23(3)13-15-24;/h6-11,16,22H,4-5,12-15H2,1-3H3;1H. The monoisotopic (exact) mass is 519 g/mol. The van der Waals surface area contributed by atoms with Crippen molar-refractivity contribution in [1.82, 2.24) is 9.21 Å². The molecular formula is C21H30ClN3O6S2. The second-order valence-corrected chi connectivity index (χ2v) is 10.9. The third-order valence-electron chi connectivity index (χ3n) is 5.03. The molecule has 1 aliphatic rings. The molecule has 33 heavy (non-hydrogen) atoms. The van der Waals surface area contributed by atoms with E-state index in [1.807, 2.05) is 14.0 Å². The summed E-state index contributed by atoms with van der Waals surface area (Å²) in [5.41, 5.74) is 0.258. The summed E-state index contributed by atoms with van der Waals surface area (Å²) in [4.78, 5) is 2.21. The number of benzene rings is 2. The van der Waals surface area contributed by atoms with E-state index >= 15 is 0 Å². The Kier molecular flexibility index (Phi) is 9.38. The van der Waals surface area contributed by atoms with Crippen molar-refractivity contribution in [1.29, 1.82) is 0 Å². The molecule has 0 aromatic heterocycles. The Morgan fingerprint density at radius 1 is 0.818 bits per heavy atom. The van der Waals surface area contributed by atoms with Gasteiger partial charge in [0.1, 0.15) is 0 Å². The van der Waals surface area contributed by atoms with E-state index in [4.69, 9.17) is 9.47 Å². The molecule has 1 aliphatic heterocycles. The van der Waals surface area contributed by atoms with Crippen LogP contribution in [0.5, 0.6) is 11.5 Å². The molecule has 0 radical (unpaired) electrons. The van der Waals surface area contributed by atoms with Crippen LogP contribution in [-0.4, -0.2) is 72.5 Å². The van der Waals surface area contributed by atoms with Crippen LogP contribution < -0.4 is 14.2 Å². The van der Waals surface area contributed by atoms with E-state index in [2.05, 4.69) is 9.62 Å². The first-order valence-electron chi connectivity index (χ1n) is 10.4. The van der Waals surface area contributed by atoms with Crippen LogP contribution in [0, 0.1) is 0 Å². The molecule has 1 heterocycles. The molecule has 0 amide bonds. The van der Waals surface area contributed by atoms with Gasteiger partial charge in [0.15, 0.2) is 11.5 Å². The second-order valence-electron chi connectivity index (χ2n) is 7.31. The first-order chi connectivity index (χ1) is 15.2. The first kappa shape index (κ1) is 27.2. The van der Waals surface area contributed by atoms with Crippen molar-refractivity contribution in [2.45, 2.75) is 23.6 Å². The smallest absolute Gasteiger partial charge is 0.262 e. The van der Waals surface area contributed by atoms with Gasteiger partial charge in [-0.3, -0.25) is 4.72 Å². The molecule has 0 bridgehead atoms. The minimum atomic E-state index is -3.91. The molecule has 0 spiro atoms. The van der Waals surface area contributed by atoms with Gasteiger partial charge in [-0.25, -0.2) is 16.8 Å². The van der Waals surface area contributed by atoms with Crippen molar-refractivity contribution in [2.75, 3.05) is 51.2 Å². The minimum absolute atomic E-state index is 0. The largest absolute Gasteiger partial charge is 0.490 e. The average Bonchev–Trinajstić information content (AvgIpc) is 2.75. The molecular weight excluding hydrogens is 490 g/mol. The van der Waals surface area contributed by atoms with E-state index in [0.29, 0.717) is 50.9 Å². The van der Waals surface area contributed by atoms with Gasteiger partial charge in [-0.15, -0.1) is 12.4 Å². The fourth-order valence-electron chi connectivity index (χ4n) is 3.29. The Balaban J connectivity index is 0.00000385. The van der Waals surface area contributed by atoms with Gasteiger partial charge >= 0.3 is 0 Å². The third kappa shape index (κ3) is 6.51. The molecule has 0 unspecified atom stereocenters. The van der Waals surface area contributed by atoms with Crippen molar-refractivity contribution < 1.29 is 26.3 Å². The fourth-order valence-corrected chi connectivity index (χ4v) is 5.78. The summed E-state index contributed by atoms with van der Waals surface area (Å²) in [5.74, 6) is 0.803. The van der Waals surface area contributed by atoms with Gasteiger partial charge < -0.3 is 14.4 Å². The molecule has 1 fully saturated rings. The van der Waals surface area contributed by atoms with Gasteiger partial charge in [0.05, 0.1) is 23.0 Å². The van der Waals surface area contributed by atoms with Crippen molar-refractivity contribution in [3.05, 3.63) is 42.5 Å². The number of likely N-dealkylation sites (N-methyl/N-ethyl adjacent to an activating group) is 1. The molecule has 0 saturated carbocycles. The Morgan fingerprint density at radius 3 is 1.94 bits per heavy atom. The highest BCUT2D eigenvalue weighted by Crippen LogP contribution is 2.31. The Bertz CT molecular complexity index is 1130. The third-order valence-corrected chi connectivity index (χ3v) is 8.32. The van der Waals surface area contributed by atoms with E-state index < -0.39 is 20.0 Å². The zero-order valence-corrected chi connectivity index (χ0v) is 21.3. The summed E-state index contributed by atoms with van der Waals surface area (Å²) >= 11 is 0. The zero-order valence-electron chi connectivity index (χ0n) is 18.9. The van der Waals surface area contributed by atoms with Crippen LogP contribution in [0.15, 0.2) is 52.3 Å². The number of halogens is 1. The van der Waals surface area contributed by atoms with Gasteiger partial charge in [-0.2, -0.15) is 4.31 Å². The SMILES string of the molecule is CCOc1ccc(S(=O)(=O)Nc2ccc(S(=O)(=O)N3CCN(C)CC3)cc2)cc1OCC.Cl. The Hall–Kier alpha value is -2.05. The Labute approximate surface area is 202 Å². The van der Waals surface area contributed by atoms with Crippen LogP contribution in [0.25, 0.3) is 0 Å². The van der Waals surface area contributed by atoms with E-state index in [0.717, 1.165) is 0 Å². The van der Waals surface area contributed by atoms with Gasteiger partial charge in [-0.05, 0) is 57.3 Å². The number of anilines is 1. The van der Waals surface area contributed by atoms with Gasteiger partial charge in [0, 0.05) is 37.9 Å². The minimum Gasteiger partial charge on any atom is -0.490 e. The van der Waals surface area contributed by atoms with E-state index in [1.54, 1.807) is 13.0 Å². The first-order valence-corrected chi connectivity index (χ1v) is 13.3. The summed E-state index contributed by atoms with van der Waals surface area (Å²) < 4.78 is 66.3. The zero-order chi connectivity index (χ0) is 23.4. The normalized spacial score (nSPS) is 15.5. The molecule has 9 nitrogen and oxygen atoms in total. The lowest BCUT2D eigenvalue weighted by atomic mass is 10.3. The molecule has 1 saturated heterocycles. The summed E-state index contributed by atoms with van der Waals surface area (Å²) in [7, 11) is -5.58. The number of nitrogens with one attached hydrogen (secondary N) is 1. The predicted molar refractivity (Wildman–Crippen MR) is 130 cm³/mol. The predicted octanol–water partition coefficient (Wildman–Crippen LogP) is 2.64. The quantitative estimate of drug-likeness (QED) is 0.543. The molecule has 184 valence electrons. The van der Waals surface area contributed by atoms with Crippen molar-refractivity contribution in [3.63, 3.8) is 0 Å². The molecule has 2 aromatic carbocycles. The number of rotatable bonds is 9. The van der Waals surface area contributed by atoms with E-state index in [9.17, 15) is 16.8 Å². The van der Waals surface area contributed by atoms with Gasteiger partial charge in [0.2, 0.25) is 10.0 Å². The van der Waals surface area contributed by atoms with Gasteiger partial charge in [0.25, 0.3) is 10.0 Å². The summed E-state index contributed by atoms with van der Waals surface area (Å²) in [5, 5.41) is 0. The van der Waals surface area contributed by atoms with Crippen LogP contribution in [0.1, 0.15) is 13.8 Å². The second kappa shape index (κ2) is 11.4. The number of hydrogen-bond donors (Lipinski definition) is 1. The van der Waals surface area contributed by atoms with E-state index in [1.165, 1.54) is 40.7 Å². The maximum Gasteiger partial charge on any atom is 0.262 e. The summed E-state index contributed by atoms with van der Waals surface area (Å²) in [6.45, 7) is 6.60. The number of sulfonamides is 2. The lowest BCUT2D eigenvalue weighted by Crippen LogP contribution is -2.46. The number of hydrogen-bond acceptors (Lipinski definition) is 7.